The number of aromatic nitrogens is 1. The maximum absolute atomic E-state index is 12.1. The van der Waals surface area contributed by atoms with Crippen molar-refractivity contribution in [2.24, 2.45) is 0 Å². The third-order valence-corrected chi connectivity index (χ3v) is 4.30. The zero-order chi connectivity index (χ0) is 16.8. The smallest absolute Gasteiger partial charge is 0.257 e. The Bertz CT molecular complexity index is 685. The number of carbonyl (C=O) groups excluding carboxylic acids is 2. The van der Waals surface area contributed by atoms with Crippen LogP contribution in [0.4, 0.5) is 5.13 Å². The number of carbonyl (C=O) groups is 2. The SMILES string of the molecule is CCC(C)NC(=O)Cc1csc(NC(=O)c2ccc(Cl)cc2)n1. The highest BCUT2D eigenvalue weighted by Gasteiger charge is 2.12. The molecule has 2 aromatic rings. The first-order valence-corrected chi connectivity index (χ1v) is 8.54. The molecule has 5 nitrogen and oxygen atoms in total. The lowest BCUT2D eigenvalue weighted by Crippen LogP contribution is -2.33. The van der Waals surface area contributed by atoms with Crippen LogP contribution in [0.25, 0.3) is 0 Å². The number of thiazole rings is 1. The van der Waals surface area contributed by atoms with E-state index in [1.165, 1.54) is 11.3 Å². The predicted octanol–water partition coefficient (Wildman–Crippen LogP) is 3.51. The van der Waals surface area contributed by atoms with Gasteiger partial charge in [-0.25, -0.2) is 4.98 Å². The molecule has 0 saturated carbocycles. The second kappa shape index (κ2) is 8.08. The zero-order valence-electron chi connectivity index (χ0n) is 12.9. The third kappa shape index (κ3) is 5.33. The first kappa shape index (κ1) is 17.4. The third-order valence-electron chi connectivity index (χ3n) is 3.24. The molecule has 0 fully saturated rings. The van der Waals surface area contributed by atoms with Gasteiger partial charge in [0.1, 0.15) is 0 Å². The van der Waals surface area contributed by atoms with Crippen LogP contribution in [0.5, 0.6) is 0 Å². The van der Waals surface area contributed by atoms with Gasteiger partial charge >= 0.3 is 0 Å². The average Bonchev–Trinajstić information content (AvgIpc) is 2.94. The monoisotopic (exact) mass is 351 g/mol. The number of nitrogens with zero attached hydrogens (tertiary/aromatic N) is 1. The Morgan fingerprint density at radius 2 is 2.00 bits per heavy atom. The molecule has 1 unspecified atom stereocenters. The van der Waals surface area contributed by atoms with Gasteiger partial charge in [0.05, 0.1) is 12.1 Å². The van der Waals surface area contributed by atoms with E-state index in [9.17, 15) is 9.59 Å². The van der Waals surface area contributed by atoms with Gasteiger partial charge in [-0.1, -0.05) is 18.5 Å². The van der Waals surface area contributed by atoms with Crippen LogP contribution in [0.2, 0.25) is 5.02 Å². The lowest BCUT2D eigenvalue weighted by Gasteiger charge is -2.10. The molecule has 1 aromatic heterocycles. The number of halogens is 1. The Balaban J connectivity index is 1.93. The largest absolute Gasteiger partial charge is 0.353 e. The molecule has 1 heterocycles. The second-order valence-electron chi connectivity index (χ2n) is 5.16. The zero-order valence-corrected chi connectivity index (χ0v) is 14.5. The van der Waals surface area contributed by atoms with Crippen molar-refractivity contribution in [1.82, 2.24) is 10.3 Å². The summed E-state index contributed by atoms with van der Waals surface area (Å²) in [5.41, 5.74) is 1.14. The highest BCUT2D eigenvalue weighted by atomic mass is 35.5. The van der Waals surface area contributed by atoms with E-state index in [1.807, 2.05) is 13.8 Å². The molecule has 0 aliphatic rings. The normalized spacial score (nSPS) is 11.8. The fourth-order valence-electron chi connectivity index (χ4n) is 1.81. The van der Waals surface area contributed by atoms with Gasteiger partial charge in [-0.2, -0.15) is 0 Å². The van der Waals surface area contributed by atoms with Crippen molar-refractivity contribution in [2.45, 2.75) is 32.7 Å². The molecule has 2 N–H and O–H groups in total. The number of benzene rings is 1. The molecular weight excluding hydrogens is 334 g/mol. The molecule has 0 aliphatic carbocycles. The number of anilines is 1. The Hall–Kier alpha value is -1.92. The molecule has 0 aliphatic heterocycles. The summed E-state index contributed by atoms with van der Waals surface area (Å²) in [5.74, 6) is -0.327. The highest BCUT2D eigenvalue weighted by molar-refractivity contribution is 7.14. The molecule has 7 heteroatoms. The molecule has 0 saturated heterocycles. The van der Waals surface area contributed by atoms with E-state index in [-0.39, 0.29) is 24.3 Å². The van der Waals surface area contributed by atoms with Gasteiger partial charge in [-0.3, -0.25) is 14.9 Å². The summed E-state index contributed by atoms with van der Waals surface area (Å²) < 4.78 is 0. The highest BCUT2D eigenvalue weighted by Crippen LogP contribution is 2.17. The number of amides is 2. The van der Waals surface area contributed by atoms with Crippen LogP contribution < -0.4 is 10.6 Å². The molecule has 0 bridgehead atoms. The minimum atomic E-state index is -0.258. The maximum Gasteiger partial charge on any atom is 0.257 e. The van der Waals surface area contributed by atoms with Gasteiger partial charge < -0.3 is 5.32 Å². The number of hydrogen-bond acceptors (Lipinski definition) is 4. The number of rotatable bonds is 6. The van der Waals surface area contributed by atoms with E-state index in [2.05, 4.69) is 15.6 Å². The van der Waals surface area contributed by atoms with Crippen molar-refractivity contribution in [3.63, 3.8) is 0 Å². The van der Waals surface area contributed by atoms with Crippen LogP contribution in [0.15, 0.2) is 29.6 Å². The van der Waals surface area contributed by atoms with Crippen molar-refractivity contribution in [1.29, 1.82) is 0 Å². The van der Waals surface area contributed by atoms with Crippen molar-refractivity contribution in [2.75, 3.05) is 5.32 Å². The summed E-state index contributed by atoms with van der Waals surface area (Å²) in [6, 6.07) is 6.74. The number of hydrogen-bond donors (Lipinski definition) is 2. The minimum absolute atomic E-state index is 0.0692. The lowest BCUT2D eigenvalue weighted by molar-refractivity contribution is -0.121. The van der Waals surface area contributed by atoms with Crippen LogP contribution in [0.1, 0.15) is 36.3 Å². The van der Waals surface area contributed by atoms with Crippen LogP contribution in [-0.4, -0.2) is 22.8 Å². The molecule has 23 heavy (non-hydrogen) atoms. The van der Waals surface area contributed by atoms with Crippen molar-refractivity contribution < 1.29 is 9.59 Å². The van der Waals surface area contributed by atoms with E-state index >= 15 is 0 Å². The van der Waals surface area contributed by atoms with E-state index < -0.39 is 0 Å². The first-order valence-electron chi connectivity index (χ1n) is 7.28. The fourth-order valence-corrected chi connectivity index (χ4v) is 2.64. The van der Waals surface area contributed by atoms with Crippen LogP contribution in [0, 0.1) is 0 Å². The van der Waals surface area contributed by atoms with Crippen molar-refractivity contribution in [3.8, 4) is 0 Å². The average molecular weight is 352 g/mol. The molecule has 2 rings (SSSR count). The standard InChI is InChI=1S/C16H18ClN3O2S/c1-3-10(2)18-14(21)8-13-9-23-16(19-13)20-15(22)11-4-6-12(17)7-5-11/h4-7,9-10H,3,8H2,1-2H3,(H,18,21)(H,19,20,22). The van der Waals surface area contributed by atoms with E-state index in [1.54, 1.807) is 29.6 Å². The molecule has 1 aromatic carbocycles. The number of nitrogens with one attached hydrogen (secondary N) is 2. The topological polar surface area (TPSA) is 71.1 Å². The summed E-state index contributed by atoms with van der Waals surface area (Å²) in [6.07, 6.45) is 1.09. The van der Waals surface area contributed by atoms with Crippen molar-refractivity contribution >= 4 is 39.9 Å². The summed E-state index contributed by atoms with van der Waals surface area (Å²) >= 11 is 7.09. The summed E-state index contributed by atoms with van der Waals surface area (Å²) in [6.45, 7) is 3.97. The van der Waals surface area contributed by atoms with Gasteiger partial charge in [-0.15, -0.1) is 11.3 Å². The molecule has 122 valence electrons. The summed E-state index contributed by atoms with van der Waals surface area (Å²) in [5, 5.41) is 8.42. The minimum Gasteiger partial charge on any atom is -0.353 e. The van der Waals surface area contributed by atoms with Crippen LogP contribution in [-0.2, 0) is 11.2 Å². The van der Waals surface area contributed by atoms with Gasteiger partial charge in [0.2, 0.25) is 5.91 Å². The Morgan fingerprint density at radius 1 is 1.30 bits per heavy atom. The maximum atomic E-state index is 12.1. The Kier molecular flexibility index (Phi) is 6.12. The fraction of sp³-hybridized carbons (Fsp3) is 0.312. The molecule has 0 spiro atoms. The molecule has 0 radical (unpaired) electrons. The van der Waals surface area contributed by atoms with E-state index in [4.69, 9.17) is 11.6 Å². The van der Waals surface area contributed by atoms with Crippen LogP contribution in [0.3, 0.4) is 0 Å². The Labute approximate surface area is 144 Å². The van der Waals surface area contributed by atoms with E-state index in [0.717, 1.165) is 6.42 Å². The quantitative estimate of drug-likeness (QED) is 0.836. The molecular formula is C16H18ClN3O2S. The molecule has 2 amide bonds. The second-order valence-corrected chi connectivity index (χ2v) is 6.45. The van der Waals surface area contributed by atoms with Crippen molar-refractivity contribution in [3.05, 3.63) is 45.9 Å². The predicted molar refractivity (Wildman–Crippen MR) is 93.1 cm³/mol. The summed E-state index contributed by atoms with van der Waals surface area (Å²) in [4.78, 5) is 28.2. The van der Waals surface area contributed by atoms with Gasteiger partial charge in [0.25, 0.3) is 5.91 Å². The van der Waals surface area contributed by atoms with Gasteiger partial charge in [0.15, 0.2) is 5.13 Å². The van der Waals surface area contributed by atoms with Gasteiger partial charge in [-0.05, 0) is 37.6 Å². The van der Waals surface area contributed by atoms with Crippen LogP contribution >= 0.6 is 22.9 Å². The van der Waals surface area contributed by atoms with E-state index in [0.29, 0.717) is 21.4 Å². The van der Waals surface area contributed by atoms with Gasteiger partial charge in [0, 0.05) is 22.0 Å². The first-order chi connectivity index (χ1) is 11.0. The molecule has 1 atom stereocenters. The lowest BCUT2D eigenvalue weighted by atomic mass is 10.2. The Morgan fingerprint density at radius 3 is 2.65 bits per heavy atom. The summed E-state index contributed by atoms with van der Waals surface area (Å²) in [7, 11) is 0.